The van der Waals surface area contributed by atoms with E-state index in [1.807, 2.05) is 0 Å². The number of amides is 1. The van der Waals surface area contributed by atoms with Gasteiger partial charge in [0, 0.05) is 24.2 Å². The van der Waals surface area contributed by atoms with Crippen LogP contribution in [0.25, 0.3) is 11.0 Å². The second-order valence-electron chi connectivity index (χ2n) is 6.65. The molecule has 0 aliphatic carbocycles. The predicted molar refractivity (Wildman–Crippen MR) is 119 cm³/mol. The fourth-order valence-corrected chi connectivity index (χ4v) is 3.75. The summed E-state index contributed by atoms with van der Waals surface area (Å²) in [5.74, 6) is -0.588. The Labute approximate surface area is 193 Å². The lowest BCUT2D eigenvalue weighted by molar-refractivity contribution is 0.0948. The van der Waals surface area contributed by atoms with Crippen molar-refractivity contribution in [2.75, 3.05) is 25.3 Å². The van der Waals surface area contributed by atoms with E-state index in [1.165, 1.54) is 37.7 Å². The van der Waals surface area contributed by atoms with Crippen LogP contribution >= 0.6 is 23.2 Å². The van der Waals surface area contributed by atoms with Crippen LogP contribution in [0.2, 0.25) is 10.0 Å². The molecule has 0 fully saturated rings. The van der Waals surface area contributed by atoms with Crippen molar-refractivity contribution in [2.45, 2.75) is 12.8 Å². The van der Waals surface area contributed by atoms with E-state index in [0.29, 0.717) is 11.1 Å². The number of hydrogen-bond acceptors (Lipinski definition) is 8. The number of carbonyl (C=O) groups excluding carboxylic acids is 2. The lowest BCUT2D eigenvalue weighted by atomic mass is 10.1. The van der Waals surface area contributed by atoms with E-state index in [2.05, 4.69) is 14.5 Å². The maximum atomic E-state index is 12.9. The van der Waals surface area contributed by atoms with Gasteiger partial charge in [0.2, 0.25) is 0 Å². The molecule has 9 nitrogen and oxygen atoms in total. The van der Waals surface area contributed by atoms with Crippen molar-refractivity contribution in [1.29, 1.82) is 0 Å². The number of furan rings is 1. The van der Waals surface area contributed by atoms with E-state index < -0.39 is 16.0 Å². The van der Waals surface area contributed by atoms with E-state index in [4.69, 9.17) is 32.4 Å². The van der Waals surface area contributed by atoms with Gasteiger partial charge in [-0.3, -0.25) is 18.8 Å². The third kappa shape index (κ3) is 5.57. The van der Waals surface area contributed by atoms with Crippen LogP contribution < -0.4 is 10.1 Å². The summed E-state index contributed by atoms with van der Waals surface area (Å²) < 4.78 is 37.6. The molecular formula is C20H18Cl2N2O7S. The fourth-order valence-electron chi connectivity index (χ4n) is 2.87. The first-order valence-corrected chi connectivity index (χ1v) is 11.8. The molecule has 0 radical (unpaired) electrons. The Balaban J connectivity index is 1.88. The number of nitrogens with zero attached hydrogens (tertiary/aromatic N) is 1. The molecule has 0 bridgehead atoms. The lowest BCUT2D eigenvalue weighted by Gasteiger charge is -2.10. The molecule has 2 heterocycles. The molecule has 170 valence electrons. The zero-order valence-electron chi connectivity index (χ0n) is 17.0. The predicted octanol–water partition coefficient (Wildman–Crippen LogP) is 4.33. The molecule has 0 aliphatic rings. The molecule has 0 atom stereocenters. The van der Waals surface area contributed by atoms with Gasteiger partial charge in [-0.2, -0.15) is 8.42 Å². The minimum Gasteiger partial charge on any atom is -0.493 e. The normalized spacial score (nSPS) is 11.5. The van der Waals surface area contributed by atoms with Crippen LogP contribution in [0.3, 0.4) is 0 Å². The smallest absolute Gasteiger partial charge is 0.264 e. The van der Waals surface area contributed by atoms with Crippen molar-refractivity contribution in [2.24, 2.45) is 0 Å². The molecule has 0 spiro atoms. The van der Waals surface area contributed by atoms with Gasteiger partial charge in [-0.05, 0) is 24.6 Å². The molecule has 0 saturated carbocycles. The number of Topliss-reactive ketones (excluding diaryl/α,β-unsaturated/α-hetero) is 1. The summed E-state index contributed by atoms with van der Waals surface area (Å²) in [6.07, 6.45) is 3.77. The Morgan fingerprint density at radius 3 is 2.50 bits per heavy atom. The number of anilines is 1. The third-order valence-electron chi connectivity index (χ3n) is 4.32. The van der Waals surface area contributed by atoms with E-state index in [1.54, 1.807) is 0 Å². The van der Waals surface area contributed by atoms with Crippen LogP contribution in [0.1, 0.15) is 33.8 Å². The zero-order valence-corrected chi connectivity index (χ0v) is 19.3. The number of aromatic nitrogens is 1. The summed E-state index contributed by atoms with van der Waals surface area (Å²) in [6.45, 7) is -0.130. The summed E-state index contributed by atoms with van der Waals surface area (Å²) in [5, 5.41) is 3.31. The average molecular weight is 501 g/mol. The van der Waals surface area contributed by atoms with Crippen LogP contribution in [-0.2, 0) is 14.3 Å². The van der Waals surface area contributed by atoms with Crippen LogP contribution in [-0.4, -0.2) is 45.1 Å². The number of rotatable bonds is 9. The van der Waals surface area contributed by atoms with Crippen molar-refractivity contribution in [3.05, 3.63) is 52.0 Å². The van der Waals surface area contributed by atoms with E-state index in [-0.39, 0.29) is 57.9 Å². The number of hydrogen-bond donors (Lipinski definition) is 1. The van der Waals surface area contributed by atoms with E-state index in [9.17, 15) is 18.0 Å². The SMILES string of the molecule is COc1ccc(C(=O)Nc2c(Cl)cncc2Cl)c2cc(C(=O)CCCOS(C)(=O)=O)oc12. The molecule has 1 aromatic carbocycles. The Morgan fingerprint density at radius 2 is 1.88 bits per heavy atom. The summed E-state index contributed by atoms with van der Waals surface area (Å²) in [4.78, 5) is 29.3. The lowest BCUT2D eigenvalue weighted by Crippen LogP contribution is -2.13. The molecule has 12 heteroatoms. The van der Waals surface area contributed by atoms with Crippen molar-refractivity contribution in [1.82, 2.24) is 4.98 Å². The maximum Gasteiger partial charge on any atom is 0.264 e. The van der Waals surface area contributed by atoms with E-state index >= 15 is 0 Å². The molecular weight excluding hydrogens is 483 g/mol. The highest BCUT2D eigenvalue weighted by atomic mass is 35.5. The number of ketones is 1. The molecule has 2 aromatic heterocycles. The Morgan fingerprint density at radius 1 is 1.19 bits per heavy atom. The van der Waals surface area contributed by atoms with Gasteiger partial charge in [-0.15, -0.1) is 0 Å². The number of carbonyl (C=O) groups is 2. The number of nitrogens with one attached hydrogen (secondary N) is 1. The van der Waals surface area contributed by atoms with Gasteiger partial charge >= 0.3 is 0 Å². The topological polar surface area (TPSA) is 125 Å². The van der Waals surface area contributed by atoms with Crippen LogP contribution in [0.5, 0.6) is 5.75 Å². The van der Waals surface area contributed by atoms with E-state index in [0.717, 1.165) is 6.26 Å². The number of methoxy groups -OCH3 is 1. The van der Waals surface area contributed by atoms with Gasteiger partial charge in [0.25, 0.3) is 16.0 Å². The van der Waals surface area contributed by atoms with Crippen LogP contribution in [0.15, 0.2) is 35.0 Å². The van der Waals surface area contributed by atoms with Crippen molar-refractivity contribution in [3.8, 4) is 5.75 Å². The Kier molecular flexibility index (Phi) is 7.40. The van der Waals surface area contributed by atoms with Gasteiger partial charge < -0.3 is 14.5 Å². The number of halogens is 2. The van der Waals surface area contributed by atoms with Gasteiger partial charge in [0.15, 0.2) is 22.9 Å². The first-order chi connectivity index (χ1) is 15.1. The fraction of sp³-hybridized carbons (Fsp3) is 0.250. The molecule has 3 rings (SSSR count). The molecule has 1 N–H and O–H groups in total. The number of fused-ring (bicyclic) bond motifs is 1. The highest BCUT2D eigenvalue weighted by Gasteiger charge is 2.21. The highest BCUT2D eigenvalue weighted by molar-refractivity contribution is 7.85. The summed E-state index contributed by atoms with van der Waals surface area (Å²) >= 11 is 12.1. The summed E-state index contributed by atoms with van der Waals surface area (Å²) in [6, 6.07) is 4.48. The number of ether oxygens (including phenoxy) is 1. The molecule has 3 aromatic rings. The van der Waals surface area contributed by atoms with Gasteiger partial charge in [-0.25, -0.2) is 0 Å². The zero-order chi connectivity index (χ0) is 23.5. The van der Waals surface area contributed by atoms with Crippen molar-refractivity contribution < 1.29 is 31.3 Å². The standard InChI is InChI=1S/C20H18Cl2N2O7S/c1-29-16-6-5-11(20(26)24-18-13(21)9-23-10-14(18)22)12-8-17(31-19(12)16)15(25)4-3-7-30-32(2,27)28/h5-6,8-10H,3-4,7H2,1-2H3,(H,23,24,26). The largest absolute Gasteiger partial charge is 0.493 e. The van der Waals surface area contributed by atoms with Gasteiger partial charge in [-0.1, -0.05) is 23.2 Å². The second kappa shape index (κ2) is 9.86. The first kappa shape index (κ1) is 24.0. The first-order valence-electron chi connectivity index (χ1n) is 9.19. The quantitative estimate of drug-likeness (QED) is 0.261. The summed E-state index contributed by atoms with van der Waals surface area (Å²) in [7, 11) is -2.15. The number of pyridine rings is 1. The van der Waals surface area contributed by atoms with Crippen molar-refractivity contribution >= 4 is 61.7 Å². The minimum absolute atomic E-state index is 0.00196. The monoisotopic (exact) mass is 500 g/mol. The number of benzene rings is 1. The summed E-state index contributed by atoms with van der Waals surface area (Å²) in [5.41, 5.74) is 0.610. The molecule has 0 unspecified atom stereocenters. The average Bonchev–Trinajstić information content (AvgIpc) is 3.18. The molecule has 0 saturated heterocycles. The van der Waals surface area contributed by atoms with Crippen molar-refractivity contribution in [3.63, 3.8) is 0 Å². The van der Waals surface area contributed by atoms with Crippen LogP contribution in [0, 0.1) is 0 Å². The van der Waals surface area contributed by atoms with Gasteiger partial charge in [0.05, 0.1) is 41.3 Å². The highest BCUT2D eigenvalue weighted by Crippen LogP contribution is 2.34. The van der Waals surface area contributed by atoms with Crippen LogP contribution in [0.4, 0.5) is 5.69 Å². The molecule has 32 heavy (non-hydrogen) atoms. The third-order valence-corrected chi connectivity index (χ3v) is 5.49. The molecule has 1 amide bonds. The maximum absolute atomic E-state index is 12.9. The molecule has 0 aliphatic heterocycles. The Hall–Kier alpha value is -2.66. The van der Waals surface area contributed by atoms with Gasteiger partial charge in [0.1, 0.15) is 0 Å². The second-order valence-corrected chi connectivity index (χ2v) is 9.11. The Bertz CT molecular complexity index is 1270. The minimum atomic E-state index is -3.58.